The Morgan fingerprint density at radius 1 is 0.317 bits per heavy atom. The molecule has 1 atom stereocenters. The van der Waals surface area contributed by atoms with Crippen LogP contribution in [0.4, 0.5) is 0 Å². The fraction of sp³-hybridized carbons (Fsp3) is 0.870. The molecular weight excluding hydrogens is 745 g/mol. The third-order valence-electron chi connectivity index (χ3n) is 11.7. The molecule has 0 aliphatic rings. The number of ether oxygens (including phenoxy) is 3. The number of esters is 3. The molecule has 0 fully saturated rings. The maximum absolute atomic E-state index is 12.8. The Morgan fingerprint density at radius 3 is 0.900 bits per heavy atom. The first-order chi connectivity index (χ1) is 29.5. The van der Waals surface area contributed by atoms with Gasteiger partial charge in [-0.15, -0.1) is 0 Å². The van der Waals surface area contributed by atoms with Crippen molar-refractivity contribution in [2.45, 2.75) is 290 Å². The third-order valence-corrected chi connectivity index (χ3v) is 11.7. The second kappa shape index (κ2) is 49.5. The number of allylic oxidation sites excluding steroid dienone is 4. The molecule has 60 heavy (non-hydrogen) atoms. The highest BCUT2D eigenvalue weighted by Gasteiger charge is 2.19. The van der Waals surface area contributed by atoms with E-state index in [0.717, 1.165) is 89.9 Å². The van der Waals surface area contributed by atoms with E-state index in [4.69, 9.17) is 14.2 Å². The summed E-state index contributed by atoms with van der Waals surface area (Å²) in [5.74, 6) is -0.896. The average Bonchev–Trinajstić information content (AvgIpc) is 3.24. The largest absolute Gasteiger partial charge is 0.462 e. The van der Waals surface area contributed by atoms with E-state index in [9.17, 15) is 14.4 Å². The number of carbonyl (C=O) groups is 3. The van der Waals surface area contributed by atoms with Gasteiger partial charge in [0.2, 0.25) is 0 Å². The summed E-state index contributed by atoms with van der Waals surface area (Å²) in [4.78, 5) is 37.9. The summed E-state index contributed by atoms with van der Waals surface area (Å²) < 4.78 is 16.8. The minimum atomic E-state index is -0.778. The van der Waals surface area contributed by atoms with Gasteiger partial charge in [0, 0.05) is 19.3 Å². The fourth-order valence-corrected chi connectivity index (χ4v) is 7.65. The van der Waals surface area contributed by atoms with E-state index in [-0.39, 0.29) is 31.1 Å². The van der Waals surface area contributed by atoms with Crippen LogP contribution < -0.4 is 0 Å². The molecule has 0 radical (unpaired) electrons. The molecule has 0 aliphatic carbocycles. The van der Waals surface area contributed by atoms with Crippen molar-refractivity contribution in [1.82, 2.24) is 0 Å². The van der Waals surface area contributed by atoms with Crippen LogP contribution in [0.3, 0.4) is 0 Å². The Morgan fingerprint density at radius 2 is 0.567 bits per heavy atom. The molecular formula is C54H100O6. The molecule has 0 aliphatic heterocycles. The first kappa shape index (κ1) is 57.9. The molecule has 0 saturated carbocycles. The average molecular weight is 845 g/mol. The van der Waals surface area contributed by atoms with Crippen LogP contribution in [-0.2, 0) is 28.6 Å². The molecule has 0 saturated heterocycles. The lowest BCUT2D eigenvalue weighted by Crippen LogP contribution is -2.30. The van der Waals surface area contributed by atoms with Gasteiger partial charge in [-0.1, -0.05) is 225 Å². The van der Waals surface area contributed by atoms with E-state index in [2.05, 4.69) is 45.1 Å². The van der Waals surface area contributed by atoms with Crippen molar-refractivity contribution in [3.05, 3.63) is 24.3 Å². The SMILES string of the molecule is CCCC/C=C\CCCCCCC(=O)OCC(COC(=O)CCCCCCCCCCCCCCCCCCCCC)OC(=O)CCCCC/C=C\CCCCCCCC. The van der Waals surface area contributed by atoms with E-state index in [1.165, 1.54) is 154 Å². The van der Waals surface area contributed by atoms with Crippen LogP contribution in [0.1, 0.15) is 284 Å². The minimum absolute atomic E-state index is 0.0772. The molecule has 0 aromatic carbocycles. The summed E-state index contributed by atoms with van der Waals surface area (Å²) in [5, 5.41) is 0. The Hall–Kier alpha value is -2.11. The summed E-state index contributed by atoms with van der Waals surface area (Å²) in [6, 6.07) is 0. The Balaban J connectivity index is 4.27. The van der Waals surface area contributed by atoms with Crippen molar-refractivity contribution >= 4 is 17.9 Å². The molecule has 6 heteroatoms. The number of hydrogen-bond donors (Lipinski definition) is 0. The van der Waals surface area contributed by atoms with Crippen LogP contribution in [0.5, 0.6) is 0 Å². The van der Waals surface area contributed by atoms with Crippen LogP contribution in [0.15, 0.2) is 24.3 Å². The highest BCUT2D eigenvalue weighted by Crippen LogP contribution is 2.16. The van der Waals surface area contributed by atoms with Gasteiger partial charge in [0.25, 0.3) is 0 Å². The lowest BCUT2D eigenvalue weighted by Gasteiger charge is -2.18. The third kappa shape index (κ3) is 46.9. The van der Waals surface area contributed by atoms with E-state index in [0.29, 0.717) is 19.3 Å². The molecule has 1 unspecified atom stereocenters. The van der Waals surface area contributed by atoms with Crippen LogP contribution in [0.25, 0.3) is 0 Å². The van der Waals surface area contributed by atoms with Gasteiger partial charge in [0.05, 0.1) is 0 Å². The fourth-order valence-electron chi connectivity index (χ4n) is 7.65. The van der Waals surface area contributed by atoms with Gasteiger partial charge in [0.1, 0.15) is 13.2 Å². The van der Waals surface area contributed by atoms with Gasteiger partial charge < -0.3 is 14.2 Å². The zero-order valence-electron chi connectivity index (χ0n) is 40.2. The zero-order chi connectivity index (χ0) is 43.7. The van der Waals surface area contributed by atoms with Crippen LogP contribution in [0, 0.1) is 0 Å². The predicted octanol–water partition coefficient (Wildman–Crippen LogP) is 17.2. The summed E-state index contributed by atoms with van der Waals surface area (Å²) in [5.41, 5.74) is 0. The first-order valence-electron chi connectivity index (χ1n) is 26.3. The Bertz CT molecular complexity index is 973. The molecule has 0 spiro atoms. The Kier molecular flexibility index (Phi) is 47.8. The van der Waals surface area contributed by atoms with Crippen LogP contribution >= 0.6 is 0 Å². The molecule has 352 valence electrons. The monoisotopic (exact) mass is 845 g/mol. The van der Waals surface area contributed by atoms with Crippen LogP contribution in [-0.4, -0.2) is 37.2 Å². The maximum Gasteiger partial charge on any atom is 0.306 e. The van der Waals surface area contributed by atoms with Gasteiger partial charge in [-0.05, 0) is 64.2 Å². The minimum Gasteiger partial charge on any atom is -0.462 e. The predicted molar refractivity (Wildman–Crippen MR) is 256 cm³/mol. The van der Waals surface area contributed by atoms with Crippen molar-refractivity contribution in [1.29, 1.82) is 0 Å². The molecule has 0 aromatic rings. The number of hydrogen-bond acceptors (Lipinski definition) is 6. The van der Waals surface area contributed by atoms with Crippen molar-refractivity contribution in [3.63, 3.8) is 0 Å². The van der Waals surface area contributed by atoms with E-state index in [1.54, 1.807) is 0 Å². The highest BCUT2D eigenvalue weighted by atomic mass is 16.6. The molecule has 6 nitrogen and oxygen atoms in total. The molecule has 0 bridgehead atoms. The zero-order valence-corrected chi connectivity index (χ0v) is 40.2. The summed E-state index contributed by atoms with van der Waals surface area (Å²) in [7, 11) is 0. The van der Waals surface area contributed by atoms with E-state index in [1.807, 2.05) is 0 Å². The summed E-state index contributed by atoms with van der Waals surface area (Å²) in [6.45, 7) is 6.59. The Labute approximate surface area is 373 Å². The van der Waals surface area contributed by atoms with Gasteiger partial charge in [0.15, 0.2) is 6.10 Å². The first-order valence-corrected chi connectivity index (χ1v) is 26.3. The standard InChI is InChI=1S/C54H100O6/c1-4-7-10-13-16-19-22-24-25-26-27-28-29-31-32-35-38-41-44-47-53(56)59-50-51(49-58-52(55)46-43-40-37-34-21-18-15-12-9-6-3)60-54(57)48-45-42-39-36-33-30-23-20-17-14-11-8-5-2/h15,18,30,33,51H,4-14,16-17,19-29,31-32,34-50H2,1-3H3/b18-15-,33-30-. The molecule has 0 amide bonds. The van der Waals surface area contributed by atoms with E-state index < -0.39 is 6.10 Å². The molecule has 0 N–H and O–H groups in total. The number of unbranched alkanes of at least 4 members (excludes halogenated alkanes) is 33. The van der Waals surface area contributed by atoms with Gasteiger partial charge in [-0.25, -0.2) is 0 Å². The smallest absolute Gasteiger partial charge is 0.306 e. The van der Waals surface area contributed by atoms with Crippen molar-refractivity contribution < 1.29 is 28.6 Å². The van der Waals surface area contributed by atoms with Crippen molar-refractivity contribution in [2.75, 3.05) is 13.2 Å². The van der Waals surface area contributed by atoms with Gasteiger partial charge in [-0.3, -0.25) is 14.4 Å². The van der Waals surface area contributed by atoms with Crippen molar-refractivity contribution in [3.8, 4) is 0 Å². The quantitative estimate of drug-likeness (QED) is 0.0263. The molecule has 0 heterocycles. The summed E-state index contributed by atoms with van der Waals surface area (Å²) in [6.07, 6.45) is 56.0. The van der Waals surface area contributed by atoms with Gasteiger partial charge >= 0.3 is 17.9 Å². The summed E-state index contributed by atoms with van der Waals surface area (Å²) >= 11 is 0. The normalized spacial score (nSPS) is 12.1. The maximum atomic E-state index is 12.8. The van der Waals surface area contributed by atoms with Gasteiger partial charge in [-0.2, -0.15) is 0 Å². The highest BCUT2D eigenvalue weighted by molar-refractivity contribution is 5.71. The number of carbonyl (C=O) groups excluding carboxylic acids is 3. The van der Waals surface area contributed by atoms with Crippen molar-refractivity contribution in [2.24, 2.45) is 0 Å². The second-order valence-corrected chi connectivity index (χ2v) is 17.8. The second-order valence-electron chi connectivity index (χ2n) is 17.8. The van der Waals surface area contributed by atoms with Crippen LogP contribution in [0.2, 0.25) is 0 Å². The molecule has 0 aromatic heterocycles. The lowest BCUT2D eigenvalue weighted by atomic mass is 10.0. The lowest BCUT2D eigenvalue weighted by molar-refractivity contribution is -0.167. The topological polar surface area (TPSA) is 78.9 Å². The molecule has 0 rings (SSSR count). The number of rotatable bonds is 48. The van der Waals surface area contributed by atoms with E-state index >= 15 is 0 Å².